The van der Waals surface area contributed by atoms with Crippen LogP contribution in [0.1, 0.15) is 10.4 Å². The Kier molecular flexibility index (Phi) is 4.52. The summed E-state index contributed by atoms with van der Waals surface area (Å²) in [6.45, 7) is 3.52. The van der Waals surface area contributed by atoms with Crippen LogP contribution >= 0.6 is 0 Å². The molecule has 2 aromatic rings. The van der Waals surface area contributed by atoms with Gasteiger partial charge in [-0.15, -0.1) is 0 Å². The highest BCUT2D eigenvalue weighted by Gasteiger charge is 2.21. The average molecular weight is 314 g/mol. The molecule has 1 saturated heterocycles. The number of aromatic nitrogens is 1. The number of carbonyl (C=O) groups is 1. The van der Waals surface area contributed by atoms with Gasteiger partial charge in [-0.3, -0.25) is 4.79 Å². The van der Waals surface area contributed by atoms with Gasteiger partial charge in [-0.1, -0.05) is 6.07 Å². The van der Waals surface area contributed by atoms with Gasteiger partial charge in [0.2, 0.25) is 0 Å². The largest absolute Gasteiger partial charge is 0.353 e. The molecule has 1 aromatic heterocycles. The maximum absolute atomic E-state index is 13.3. The lowest BCUT2D eigenvalue weighted by molar-refractivity contribution is 0.102. The molecule has 1 aliphatic rings. The van der Waals surface area contributed by atoms with E-state index in [1.807, 2.05) is 0 Å². The standard InChI is InChI=1S/C17H19FN4O/c1-21-8-10-22(11-9-21)16-15(6-3-7-19-16)17(23)20-14-5-2-4-13(18)12-14/h2-7,12H,8-11H2,1H3,(H,20,23). The number of pyridine rings is 1. The molecule has 120 valence electrons. The normalized spacial score (nSPS) is 15.5. The Morgan fingerprint density at radius 3 is 2.70 bits per heavy atom. The number of anilines is 2. The molecule has 0 unspecified atom stereocenters. The van der Waals surface area contributed by atoms with Crippen LogP contribution in [0.25, 0.3) is 0 Å². The number of hydrogen-bond donors (Lipinski definition) is 1. The maximum atomic E-state index is 13.3. The lowest BCUT2D eigenvalue weighted by Gasteiger charge is -2.34. The molecule has 23 heavy (non-hydrogen) atoms. The lowest BCUT2D eigenvalue weighted by Crippen LogP contribution is -2.45. The van der Waals surface area contributed by atoms with Gasteiger partial charge in [0.1, 0.15) is 11.6 Å². The first-order valence-corrected chi connectivity index (χ1v) is 7.59. The van der Waals surface area contributed by atoms with Crippen molar-refractivity contribution in [3.8, 4) is 0 Å². The minimum atomic E-state index is -0.381. The minimum Gasteiger partial charge on any atom is -0.353 e. The molecular formula is C17H19FN4O. The molecule has 0 radical (unpaired) electrons. The van der Waals surface area contributed by atoms with Crippen molar-refractivity contribution in [1.82, 2.24) is 9.88 Å². The van der Waals surface area contributed by atoms with Crippen LogP contribution in [0.3, 0.4) is 0 Å². The summed E-state index contributed by atoms with van der Waals surface area (Å²) in [5.74, 6) is 0.0143. The monoisotopic (exact) mass is 314 g/mol. The van der Waals surface area contributed by atoms with Gasteiger partial charge in [0.15, 0.2) is 0 Å². The van der Waals surface area contributed by atoms with Crippen LogP contribution in [0.5, 0.6) is 0 Å². The van der Waals surface area contributed by atoms with Crippen molar-refractivity contribution in [3.63, 3.8) is 0 Å². The van der Waals surface area contributed by atoms with E-state index in [1.54, 1.807) is 30.5 Å². The summed E-state index contributed by atoms with van der Waals surface area (Å²) in [6, 6.07) is 9.34. The Morgan fingerprint density at radius 1 is 1.17 bits per heavy atom. The number of hydrogen-bond acceptors (Lipinski definition) is 4. The van der Waals surface area contributed by atoms with Crippen LogP contribution in [0.2, 0.25) is 0 Å². The fourth-order valence-electron chi connectivity index (χ4n) is 2.61. The van der Waals surface area contributed by atoms with E-state index in [4.69, 9.17) is 0 Å². The molecule has 0 aliphatic carbocycles. The van der Waals surface area contributed by atoms with E-state index in [0.717, 1.165) is 26.2 Å². The number of amides is 1. The minimum absolute atomic E-state index is 0.280. The lowest BCUT2D eigenvalue weighted by atomic mass is 10.2. The summed E-state index contributed by atoms with van der Waals surface area (Å²) in [4.78, 5) is 21.3. The van der Waals surface area contributed by atoms with E-state index in [0.29, 0.717) is 17.1 Å². The molecule has 1 aromatic carbocycles. The smallest absolute Gasteiger partial charge is 0.259 e. The summed E-state index contributed by atoms with van der Waals surface area (Å²) in [7, 11) is 2.08. The van der Waals surface area contributed by atoms with Crippen LogP contribution in [-0.4, -0.2) is 49.0 Å². The van der Waals surface area contributed by atoms with E-state index in [9.17, 15) is 9.18 Å². The van der Waals surface area contributed by atoms with Crippen LogP contribution in [0.15, 0.2) is 42.6 Å². The summed E-state index contributed by atoms with van der Waals surface area (Å²) in [6.07, 6.45) is 1.69. The third kappa shape index (κ3) is 3.65. The summed E-state index contributed by atoms with van der Waals surface area (Å²) in [5.41, 5.74) is 0.935. The SMILES string of the molecule is CN1CCN(c2ncccc2C(=O)Nc2cccc(F)c2)CC1. The molecular weight excluding hydrogens is 295 g/mol. The predicted octanol–water partition coefficient (Wildman–Crippen LogP) is 2.22. The number of piperazine rings is 1. The highest BCUT2D eigenvalue weighted by atomic mass is 19.1. The number of benzene rings is 1. The van der Waals surface area contributed by atoms with E-state index in [-0.39, 0.29) is 11.7 Å². The molecule has 1 fully saturated rings. The van der Waals surface area contributed by atoms with Gasteiger partial charge in [0.05, 0.1) is 5.56 Å². The second-order valence-electron chi connectivity index (χ2n) is 5.63. The molecule has 0 saturated carbocycles. The third-order valence-electron chi connectivity index (χ3n) is 3.92. The Bertz CT molecular complexity index is 698. The number of rotatable bonds is 3. The summed E-state index contributed by atoms with van der Waals surface area (Å²) in [5, 5.41) is 2.73. The van der Waals surface area contributed by atoms with Gasteiger partial charge >= 0.3 is 0 Å². The van der Waals surface area contributed by atoms with Crippen molar-refractivity contribution in [2.45, 2.75) is 0 Å². The van der Waals surface area contributed by atoms with Gasteiger partial charge < -0.3 is 15.1 Å². The van der Waals surface area contributed by atoms with E-state index in [1.165, 1.54) is 12.1 Å². The van der Waals surface area contributed by atoms with E-state index in [2.05, 4.69) is 27.1 Å². The van der Waals surface area contributed by atoms with Gasteiger partial charge in [0, 0.05) is 38.1 Å². The third-order valence-corrected chi connectivity index (χ3v) is 3.92. The zero-order chi connectivity index (χ0) is 16.2. The van der Waals surface area contributed by atoms with E-state index >= 15 is 0 Å². The summed E-state index contributed by atoms with van der Waals surface area (Å²) < 4.78 is 13.3. The Balaban J connectivity index is 1.81. The number of nitrogens with zero attached hydrogens (tertiary/aromatic N) is 3. The molecule has 1 N–H and O–H groups in total. The number of likely N-dealkylation sites (N-methyl/N-ethyl adjacent to an activating group) is 1. The molecule has 0 bridgehead atoms. The van der Waals surface area contributed by atoms with Gasteiger partial charge in [0.25, 0.3) is 5.91 Å². The highest BCUT2D eigenvalue weighted by molar-refractivity contribution is 6.07. The predicted molar refractivity (Wildman–Crippen MR) is 88.3 cm³/mol. The average Bonchev–Trinajstić information content (AvgIpc) is 2.55. The fraction of sp³-hybridized carbons (Fsp3) is 0.294. The van der Waals surface area contributed by atoms with Crippen molar-refractivity contribution in [3.05, 3.63) is 54.0 Å². The first-order chi connectivity index (χ1) is 11.1. The molecule has 6 heteroatoms. The summed E-state index contributed by atoms with van der Waals surface area (Å²) >= 11 is 0. The first kappa shape index (κ1) is 15.4. The first-order valence-electron chi connectivity index (χ1n) is 7.59. The van der Waals surface area contributed by atoms with Crippen molar-refractivity contribution in [1.29, 1.82) is 0 Å². The molecule has 1 amide bonds. The molecule has 3 rings (SSSR count). The van der Waals surface area contributed by atoms with Crippen molar-refractivity contribution >= 4 is 17.4 Å². The van der Waals surface area contributed by atoms with E-state index < -0.39 is 0 Å². The zero-order valence-corrected chi connectivity index (χ0v) is 13.0. The van der Waals surface area contributed by atoms with Crippen LogP contribution in [0.4, 0.5) is 15.9 Å². The Hall–Kier alpha value is -2.47. The highest BCUT2D eigenvalue weighted by Crippen LogP contribution is 2.20. The zero-order valence-electron chi connectivity index (χ0n) is 13.0. The van der Waals surface area contributed by atoms with Crippen molar-refractivity contribution in [2.24, 2.45) is 0 Å². The van der Waals surface area contributed by atoms with Crippen LogP contribution in [0, 0.1) is 5.82 Å². The van der Waals surface area contributed by atoms with Gasteiger partial charge in [-0.05, 0) is 37.4 Å². The Morgan fingerprint density at radius 2 is 1.96 bits per heavy atom. The quantitative estimate of drug-likeness (QED) is 0.944. The fourth-order valence-corrected chi connectivity index (χ4v) is 2.61. The van der Waals surface area contributed by atoms with Gasteiger partial charge in [-0.25, -0.2) is 9.37 Å². The molecule has 5 nitrogen and oxygen atoms in total. The molecule has 0 spiro atoms. The van der Waals surface area contributed by atoms with Gasteiger partial charge in [-0.2, -0.15) is 0 Å². The number of nitrogens with one attached hydrogen (secondary N) is 1. The maximum Gasteiger partial charge on any atom is 0.259 e. The van der Waals surface area contributed by atoms with Crippen LogP contribution in [-0.2, 0) is 0 Å². The Labute approximate surface area is 134 Å². The molecule has 0 atom stereocenters. The molecule has 1 aliphatic heterocycles. The molecule has 2 heterocycles. The van der Waals surface area contributed by atoms with Crippen LogP contribution < -0.4 is 10.2 Å². The second-order valence-corrected chi connectivity index (χ2v) is 5.63. The second kappa shape index (κ2) is 6.75. The van der Waals surface area contributed by atoms with Crippen molar-refractivity contribution < 1.29 is 9.18 Å². The topological polar surface area (TPSA) is 48.5 Å². The number of carbonyl (C=O) groups excluding carboxylic acids is 1. The number of halogens is 1. The van der Waals surface area contributed by atoms with Crippen molar-refractivity contribution in [2.75, 3.05) is 43.4 Å².